The summed E-state index contributed by atoms with van der Waals surface area (Å²) >= 11 is 0. The summed E-state index contributed by atoms with van der Waals surface area (Å²) in [5, 5.41) is 0. The minimum absolute atomic E-state index is 0. The smallest absolute Gasteiger partial charge is 0.748 e. The van der Waals surface area contributed by atoms with Gasteiger partial charge >= 0.3 is 26.4 Å². The molecule has 3 nitrogen and oxygen atoms in total. The number of halogens is 3. The van der Waals surface area contributed by atoms with Crippen molar-refractivity contribution < 1.29 is 44.8 Å². The van der Waals surface area contributed by atoms with E-state index in [4.69, 9.17) is 0 Å². The first-order valence-electron chi connectivity index (χ1n) is 4.15. The molecule has 0 radical (unpaired) electrons. The van der Waals surface area contributed by atoms with Gasteiger partial charge in [0.1, 0.15) is 0 Å². The van der Waals surface area contributed by atoms with Gasteiger partial charge in [-0.1, -0.05) is 26.2 Å². The first kappa shape index (κ1) is 20.7. The summed E-state index contributed by atoms with van der Waals surface area (Å²) in [6.45, 7) is 2.03. The van der Waals surface area contributed by atoms with Crippen molar-refractivity contribution in [2.24, 2.45) is 0 Å². The monoisotopic (exact) mass is 240 g/mol. The van der Waals surface area contributed by atoms with Gasteiger partial charge in [0.05, 0.1) is 10.1 Å². The summed E-state index contributed by atoms with van der Waals surface area (Å²) in [5.74, 6) is -0.201. The standard InChI is InChI=1S/C6H14O3S.BF3.Li/c1-2-3-4-5-6-10(7,8)9;2-1(3)4;/h2-6H2,1H3,(H,7,8,9);;/q;;+1/p-1. The van der Waals surface area contributed by atoms with Gasteiger partial charge in [0, 0.05) is 5.75 Å². The Kier molecular flexibility index (Phi) is 17.2. The Balaban J connectivity index is -0.000000249. The Bertz CT molecular complexity index is 211. The molecule has 0 aliphatic rings. The van der Waals surface area contributed by atoms with E-state index >= 15 is 0 Å². The van der Waals surface area contributed by atoms with Gasteiger partial charge < -0.3 is 4.55 Å². The molecule has 9 heteroatoms. The van der Waals surface area contributed by atoms with Crippen LogP contribution in [0.25, 0.3) is 0 Å². The van der Waals surface area contributed by atoms with E-state index in [0.717, 1.165) is 19.3 Å². The van der Waals surface area contributed by atoms with E-state index in [1.54, 1.807) is 0 Å². The predicted octanol–water partition coefficient (Wildman–Crippen LogP) is -1.00. The van der Waals surface area contributed by atoms with Crippen molar-refractivity contribution >= 4 is 17.7 Å². The molecule has 0 atom stereocenters. The quantitative estimate of drug-likeness (QED) is 0.351. The Morgan fingerprint density at radius 2 is 1.53 bits per heavy atom. The van der Waals surface area contributed by atoms with Gasteiger partial charge in [0.2, 0.25) is 0 Å². The molecular formula is C6H13BF3LiO3S. The molecule has 0 bridgehead atoms. The topological polar surface area (TPSA) is 57.2 Å². The van der Waals surface area contributed by atoms with Crippen LogP contribution >= 0.6 is 0 Å². The third kappa shape index (κ3) is 40.5. The van der Waals surface area contributed by atoms with Gasteiger partial charge in [0.15, 0.2) is 0 Å². The van der Waals surface area contributed by atoms with E-state index in [1.165, 1.54) is 0 Å². The van der Waals surface area contributed by atoms with Gasteiger partial charge in [-0.3, -0.25) is 12.9 Å². The van der Waals surface area contributed by atoms with Crippen LogP contribution in [0.15, 0.2) is 0 Å². The largest absolute Gasteiger partial charge is 1.00 e. The molecule has 0 spiro atoms. The molecule has 0 aliphatic heterocycles. The van der Waals surface area contributed by atoms with E-state index in [0.29, 0.717) is 6.42 Å². The molecule has 0 unspecified atom stereocenters. The Hall–Kier alpha value is 0.362. The second kappa shape index (κ2) is 12.4. The third-order valence-electron chi connectivity index (χ3n) is 1.25. The molecule has 0 saturated carbocycles. The second-order valence-corrected chi connectivity index (χ2v) is 4.09. The van der Waals surface area contributed by atoms with Crippen LogP contribution in [0.5, 0.6) is 0 Å². The Morgan fingerprint density at radius 1 is 1.13 bits per heavy atom. The molecule has 0 aromatic rings. The predicted molar refractivity (Wildman–Crippen MR) is 47.8 cm³/mol. The van der Waals surface area contributed by atoms with Crippen molar-refractivity contribution in [3.8, 4) is 0 Å². The van der Waals surface area contributed by atoms with Gasteiger partial charge in [-0.25, -0.2) is 8.42 Å². The fourth-order valence-electron chi connectivity index (χ4n) is 0.706. The van der Waals surface area contributed by atoms with Crippen LogP contribution < -0.4 is 18.9 Å². The van der Waals surface area contributed by atoms with Gasteiger partial charge in [-0.15, -0.1) is 0 Å². The molecule has 0 fully saturated rings. The molecule has 0 amide bonds. The summed E-state index contributed by atoms with van der Waals surface area (Å²) in [6.07, 6.45) is 3.42. The number of rotatable bonds is 5. The van der Waals surface area contributed by atoms with Crippen LogP contribution in [0.3, 0.4) is 0 Å². The van der Waals surface area contributed by atoms with E-state index in [2.05, 4.69) is 0 Å². The fourth-order valence-corrected chi connectivity index (χ4v) is 1.26. The van der Waals surface area contributed by atoms with Crippen LogP contribution in [-0.2, 0) is 10.1 Å². The van der Waals surface area contributed by atoms with Crippen LogP contribution in [0.1, 0.15) is 32.6 Å². The third-order valence-corrected chi connectivity index (χ3v) is 2.04. The van der Waals surface area contributed by atoms with Gasteiger partial charge in [-0.05, 0) is 6.42 Å². The van der Waals surface area contributed by atoms with E-state index in [1.807, 2.05) is 6.92 Å². The molecule has 0 aromatic carbocycles. The molecule has 0 heterocycles. The van der Waals surface area contributed by atoms with E-state index in [-0.39, 0.29) is 24.6 Å². The van der Waals surface area contributed by atoms with Gasteiger partial charge in [0.25, 0.3) is 0 Å². The first-order chi connectivity index (χ1) is 6.29. The van der Waals surface area contributed by atoms with Crippen LogP contribution in [0, 0.1) is 0 Å². The maximum Gasteiger partial charge on any atom is 1.00 e. The molecule has 0 saturated heterocycles. The molecule has 0 aliphatic carbocycles. The average Bonchev–Trinajstić information content (AvgIpc) is 1.95. The van der Waals surface area contributed by atoms with Crippen LogP contribution in [-0.4, -0.2) is 26.3 Å². The minimum atomic E-state index is -3.95. The zero-order chi connectivity index (χ0) is 11.6. The molecule has 0 N–H and O–H groups in total. The second-order valence-electron chi connectivity index (χ2n) is 2.57. The SMILES string of the molecule is CCCCCCS(=O)(=O)[O-].FB(F)F.[Li+]. The molecule has 15 heavy (non-hydrogen) atoms. The van der Waals surface area contributed by atoms with Crippen molar-refractivity contribution in [3.05, 3.63) is 0 Å². The molecule has 0 rings (SSSR count). The number of unbranched alkanes of at least 4 members (excludes halogenated alkanes) is 3. The fraction of sp³-hybridized carbons (Fsp3) is 1.00. The van der Waals surface area contributed by atoms with Crippen LogP contribution in [0.2, 0.25) is 0 Å². The Labute approximate surface area is 101 Å². The van der Waals surface area contributed by atoms with Gasteiger partial charge in [-0.2, -0.15) is 0 Å². The van der Waals surface area contributed by atoms with Crippen molar-refractivity contribution in [2.75, 3.05) is 5.75 Å². The molecule has 86 valence electrons. The summed E-state index contributed by atoms with van der Waals surface area (Å²) in [5.41, 5.74) is 0. The number of hydrogen-bond donors (Lipinski definition) is 0. The maximum absolute atomic E-state index is 10.0. The number of hydrogen-bond acceptors (Lipinski definition) is 3. The van der Waals surface area contributed by atoms with Crippen molar-refractivity contribution in [1.29, 1.82) is 0 Å². The zero-order valence-electron chi connectivity index (χ0n) is 8.88. The molecule has 0 aromatic heterocycles. The maximum atomic E-state index is 10.0. The normalized spacial score (nSPS) is 9.67. The summed E-state index contributed by atoms with van der Waals surface area (Å²) in [4.78, 5) is 0. The zero-order valence-corrected chi connectivity index (χ0v) is 9.70. The van der Waals surface area contributed by atoms with E-state index < -0.39 is 17.7 Å². The van der Waals surface area contributed by atoms with E-state index in [9.17, 15) is 25.9 Å². The van der Waals surface area contributed by atoms with Crippen molar-refractivity contribution in [3.63, 3.8) is 0 Å². The summed E-state index contributed by atoms with van der Waals surface area (Å²) in [6, 6.07) is 0. The summed E-state index contributed by atoms with van der Waals surface area (Å²) < 4.78 is 59.1. The summed E-state index contributed by atoms with van der Waals surface area (Å²) in [7, 11) is -7.62. The minimum Gasteiger partial charge on any atom is -0.748 e. The van der Waals surface area contributed by atoms with Crippen molar-refractivity contribution in [2.45, 2.75) is 32.6 Å². The Morgan fingerprint density at radius 3 is 1.80 bits per heavy atom. The first-order valence-corrected chi connectivity index (χ1v) is 5.73. The van der Waals surface area contributed by atoms with Crippen LogP contribution in [0.4, 0.5) is 12.9 Å². The molecular weight excluding hydrogens is 227 g/mol. The average molecular weight is 240 g/mol. The van der Waals surface area contributed by atoms with Crippen molar-refractivity contribution in [1.82, 2.24) is 0 Å².